The first-order valence-electron chi connectivity index (χ1n) is 3.70. The Morgan fingerprint density at radius 3 is 2.57 bits per heavy atom. The number of hydrogen-bond acceptors (Lipinski definition) is 3. The molecular weight excluding hydrogens is 208 g/mol. The van der Waals surface area contributed by atoms with E-state index in [1.54, 1.807) is 6.92 Å². The molecule has 0 aliphatic rings. The third kappa shape index (κ3) is 2.25. The summed E-state index contributed by atoms with van der Waals surface area (Å²) in [6.07, 6.45) is 2.26. The number of anilines is 1. The molecule has 1 rings (SSSR count). The first-order chi connectivity index (χ1) is 6.31. The molecule has 1 aromatic heterocycles. The molecule has 1 aromatic rings. The van der Waals surface area contributed by atoms with Gasteiger partial charge in [-0.15, -0.1) is 0 Å². The largest absolute Gasteiger partial charge is 0.478 e. The van der Waals surface area contributed by atoms with Gasteiger partial charge in [0, 0.05) is 11.9 Å². The summed E-state index contributed by atoms with van der Waals surface area (Å²) in [5, 5.41) is 8.78. The first-order valence-corrected chi connectivity index (χ1v) is 5.59. The predicted molar refractivity (Wildman–Crippen MR) is 51.0 cm³/mol. The van der Waals surface area contributed by atoms with Gasteiger partial charge in [0.15, 0.2) is 0 Å². The molecule has 0 aliphatic carbocycles. The fourth-order valence-corrected chi connectivity index (χ4v) is 1.64. The Kier molecular flexibility index (Phi) is 2.52. The lowest BCUT2D eigenvalue weighted by molar-refractivity contribution is 0.0697. The van der Waals surface area contributed by atoms with Crippen LogP contribution in [0.2, 0.25) is 0 Å². The molecule has 0 atom stereocenters. The van der Waals surface area contributed by atoms with Crippen molar-refractivity contribution in [1.29, 1.82) is 0 Å². The Labute approximate surface area is 81.0 Å². The molecule has 0 fully saturated rings. The number of nitrogens with one attached hydrogen (secondary N) is 2. The van der Waals surface area contributed by atoms with Gasteiger partial charge in [-0.3, -0.25) is 4.72 Å². The molecule has 3 N–H and O–H groups in total. The second-order valence-electron chi connectivity index (χ2n) is 2.88. The lowest BCUT2D eigenvalue weighted by atomic mass is 10.2. The van der Waals surface area contributed by atoms with E-state index < -0.39 is 16.0 Å². The highest BCUT2D eigenvalue weighted by Gasteiger charge is 2.17. The molecule has 0 amide bonds. The summed E-state index contributed by atoms with van der Waals surface area (Å²) in [5.41, 5.74) is 0.400. The van der Waals surface area contributed by atoms with Crippen LogP contribution in [0.1, 0.15) is 16.1 Å². The standard InChI is InChI=1S/C7H10N2O4S/c1-4-6(7(10)11)5(3-8-4)9-14(2,12)13/h3,8-9H,1-2H3,(H,10,11). The van der Waals surface area contributed by atoms with Crippen molar-refractivity contribution in [3.8, 4) is 0 Å². The fraction of sp³-hybridized carbons (Fsp3) is 0.286. The van der Waals surface area contributed by atoms with Crippen molar-refractivity contribution in [1.82, 2.24) is 4.98 Å². The van der Waals surface area contributed by atoms with Gasteiger partial charge in [0.2, 0.25) is 10.0 Å². The zero-order valence-corrected chi connectivity index (χ0v) is 8.47. The molecule has 6 nitrogen and oxygen atoms in total. The lowest BCUT2D eigenvalue weighted by Crippen LogP contribution is -2.12. The van der Waals surface area contributed by atoms with Gasteiger partial charge in [-0.2, -0.15) is 0 Å². The number of aromatic carboxylic acids is 1. The lowest BCUT2D eigenvalue weighted by Gasteiger charge is -2.02. The second-order valence-corrected chi connectivity index (χ2v) is 4.63. The summed E-state index contributed by atoms with van der Waals surface area (Å²) < 4.78 is 23.8. The summed E-state index contributed by atoms with van der Waals surface area (Å²) in [6, 6.07) is 0. The van der Waals surface area contributed by atoms with E-state index in [-0.39, 0.29) is 11.3 Å². The Balaban J connectivity index is 3.17. The predicted octanol–water partition coefficient (Wildman–Crippen LogP) is 0.393. The number of carbonyl (C=O) groups is 1. The van der Waals surface area contributed by atoms with Crippen LogP contribution < -0.4 is 4.72 Å². The van der Waals surface area contributed by atoms with E-state index in [0.717, 1.165) is 6.26 Å². The Morgan fingerprint density at radius 1 is 1.57 bits per heavy atom. The zero-order chi connectivity index (χ0) is 10.9. The molecule has 0 aromatic carbocycles. The maximum atomic E-state index is 10.9. The molecular formula is C7H10N2O4S. The van der Waals surface area contributed by atoms with Crippen molar-refractivity contribution in [2.75, 3.05) is 11.0 Å². The van der Waals surface area contributed by atoms with Gasteiger partial charge in [-0.05, 0) is 6.92 Å². The van der Waals surface area contributed by atoms with Gasteiger partial charge in [0.25, 0.3) is 0 Å². The average molecular weight is 218 g/mol. The maximum absolute atomic E-state index is 10.9. The van der Waals surface area contributed by atoms with Gasteiger partial charge < -0.3 is 10.1 Å². The number of sulfonamides is 1. The summed E-state index contributed by atoms with van der Waals surface area (Å²) in [5.74, 6) is -1.17. The molecule has 1 heterocycles. The van der Waals surface area contributed by atoms with Gasteiger partial charge in [0.05, 0.1) is 11.9 Å². The minimum atomic E-state index is -3.45. The minimum Gasteiger partial charge on any atom is -0.478 e. The number of hydrogen-bond donors (Lipinski definition) is 3. The van der Waals surface area contributed by atoms with E-state index in [1.165, 1.54) is 6.20 Å². The molecule has 0 aliphatic heterocycles. The van der Waals surface area contributed by atoms with Crippen LogP contribution in [0, 0.1) is 6.92 Å². The number of aromatic amines is 1. The summed E-state index contributed by atoms with van der Waals surface area (Å²) in [7, 11) is -3.45. The second kappa shape index (κ2) is 3.33. The number of aromatic nitrogens is 1. The van der Waals surface area contributed by atoms with Crippen LogP contribution in [0.5, 0.6) is 0 Å². The quantitative estimate of drug-likeness (QED) is 0.683. The zero-order valence-electron chi connectivity index (χ0n) is 7.66. The van der Waals surface area contributed by atoms with E-state index in [2.05, 4.69) is 9.71 Å². The van der Waals surface area contributed by atoms with Crippen molar-refractivity contribution in [2.45, 2.75) is 6.92 Å². The molecule has 14 heavy (non-hydrogen) atoms. The summed E-state index contributed by atoms with van der Waals surface area (Å²) in [6.45, 7) is 1.55. The SMILES string of the molecule is Cc1[nH]cc(NS(C)(=O)=O)c1C(=O)O. The van der Waals surface area contributed by atoms with E-state index in [9.17, 15) is 13.2 Å². The van der Waals surface area contributed by atoms with Crippen molar-refractivity contribution in [3.63, 3.8) is 0 Å². The third-order valence-corrected chi connectivity index (χ3v) is 2.18. The highest BCUT2D eigenvalue weighted by atomic mass is 32.2. The monoisotopic (exact) mass is 218 g/mol. The van der Waals surface area contributed by atoms with Gasteiger partial charge in [0.1, 0.15) is 5.56 Å². The number of carboxylic acid groups (broad SMARTS) is 1. The van der Waals surface area contributed by atoms with Crippen LogP contribution in [0.15, 0.2) is 6.20 Å². The highest BCUT2D eigenvalue weighted by Crippen LogP contribution is 2.19. The molecule has 0 saturated heterocycles. The Hall–Kier alpha value is -1.50. The van der Waals surface area contributed by atoms with Crippen LogP contribution in [-0.4, -0.2) is 30.7 Å². The number of H-pyrrole nitrogens is 1. The minimum absolute atomic E-state index is 0.0532. The van der Waals surface area contributed by atoms with Crippen LogP contribution >= 0.6 is 0 Å². The van der Waals surface area contributed by atoms with E-state index in [0.29, 0.717) is 5.69 Å². The van der Waals surface area contributed by atoms with E-state index in [4.69, 9.17) is 5.11 Å². The topological polar surface area (TPSA) is 99.3 Å². The molecule has 0 radical (unpaired) electrons. The fourth-order valence-electron chi connectivity index (χ4n) is 1.08. The van der Waals surface area contributed by atoms with Crippen molar-refractivity contribution in [2.24, 2.45) is 0 Å². The molecule has 0 saturated carbocycles. The number of aryl methyl sites for hydroxylation is 1. The molecule has 0 bridgehead atoms. The normalized spacial score (nSPS) is 11.3. The number of rotatable bonds is 3. The first kappa shape index (κ1) is 10.6. The molecule has 7 heteroatoms. The smallest absolute Gasteiger partial charge is 0.339 e. The van der Waals surface area contributed by atoms with E-state index in [1.807, 2.05) is 0 Å². The van der Waals surface area contributed by atoms with Crippen LogP contribution in [-0.2, 0) is 10.0 Å². The van der Waals surface area contributed by atoms with Crippen LogP contribution in [0.4, 0.5) is 5.69 Å². The van der Waals surface area contributed by atoms with Crippen molar-refractivity contribution < 1.29 is 18.3 Å². The highest BCUT2D eigenvalue weighted by molar-refractivity contribution is 7.92. The van der Waals surface area contributed by atoms with Crippen LogP contribution in [0.25, 0.3) is 0 Å². The number of carboxylic acids is 1. The van der Waals surface area contributed by atoms with E-state index >= 15 is 0 Å². The summed E-state index contributed by atoms with van der Waals surface area (Å²) >= 11 is 0. The van der Waals surface area contributed by atoms with Crippen LogP contribution in [0.3, 0.4) is 0 Å². The van der Waals surface area contributed by atoms with Gasteiger partial charge in [-0.1, -0.05) is 0 Å². The maximum Gasteiger partial charge on any atom is 0.339 e. The third-order valence-electron chi connectivity index (χ3n) is 1.59. The van der Waals surface area contributed by atoms with Gasteiger partial charge in [-0.25, -0.2) is 13.2 Å². The van der Waals surface area contributed by atoms with Crippen molar-refractivity contribution in [3.05, 3.63) is 17.5 Å². The summed E-state index contributed by atoms with van der Waals surface area (Å²) in [4.78, 5) is 13.4. The molecule has 78 valence electrons. The average Bonchev–Trinajstić information content (AvgIpc) is 2.27. The Morgan fingerprint density at radius 2 is 2.14 bits per heavy atom. The van der Waals surface area contributed by atoms with Gasteiger partial charge >= 0.3 is 5.97 Å². The Bertz CT molecular complexity index is 460. The van der Waals surface area contributed by atoms with Crippen molar-refractivity contribution >= 4 is 21.7 Å². The molecule has 0 unspecified atom stereocenters. The molecule has 0 spiro atoms.